The molecule has 3 rings (SSSR count). The van der Waals surface area contributed by atoms with E-state index in [4.69, 9.17) is 21.4 Å². The van der Waals surface area contributed by atoms with Crippen molar-refractivity contribution in [1.29, 1.82) is 0 Å². The Kier molecular flexibility index (Phi) is 5.16. The summed E-state index contributed by atoms with van der Waals surface area (Å²) in [7, 11) is 0. The Labute approximate surface area is 160 Å². The normalized spacial score (nSPS) is 12.9. The molecule has 3 aromatic rings. The van der Waals surface area contributed by atoms with Gasteiger partial charge in [-0.2, -0.15) is 13.2 Å². The van der Waals surface area contributed by atoms with Crippen LogP contribution in [0.15, 0.2) is 30.3 Å². The van der Waals surface area contributed by atoms with E-state index in [-0.39, 0.29) is 12.2 Å². The average Bonchev–Trinajstić information content (AvgIpc) is 2.99. The summed E-state index contributed by atoms with van der Waals surface area (Å²) >= 11 is 5.77. The van der Waals surface area contributed by atoms with E-state index in [1.165, 1.54) is 22.9 Å². The molecular weight excluding hydrogens is 406 g/mol. The highest BCUT2D eigenvalue weighted by Crippen LogP contribution is 2.39. The highest BCUT2D eigenvalue weighted by atomic mass is 35.5. The third kappa shape index (κ3) is 4.01. The van der Waals surface area contributed by atoms with Crippen LogP contribution in [0.1, 0.15) is 24.9 Å². The smallest absolute Gasteiger partial charge is 0.416 e. The molecule has 0 aliphatic rings. The molecule has 0 amide bonds. The Morgan fingerprint density at radius 2 is 2.04 bits per heavy atom. The van der Waals surface area contributed by atoms with E-state index in [2.05, 4.69) is 10.3 Å². The Hall–Kier alpha value is -2.88. The minimum atomic E-state index is -4.75. The lowest BCUT2D eigenvalue weighted by Crippen LogP contribution is -2.11. The molecule has 1 N–H and O–H groups in total. The molecule has 0 bridgehead atoms. The molecule has 0 fully saturated rings. The SMILES string of the molecule is CC(CC(=O)O)n1nnc2ccc(Oc3c(F)cc(C(F)(F)F)cc3Cl)cc21. The van der Waals surface area contributed by atoms with Crippen LogP contribution in [0.25, 0.3) is 11.0 Å². The number of hydrogen-bond acceptors (Lipinski definition) is 4. The lowest BCUT2D eigenvalue weighted by atomic mass is 10.2. The largest absolute Gasteiger partial charge is 0.481 e. The average molecular weight is 418 g/mol. The van der Waals surface area contributed by atoms with Crippen molar-refractivity contribution < 1.29 is 32.2 Å². The summed E-state index contributed by atoms with van der Waals surface area (Å²) in [5.74, 6) is -2.79. The van der Waals surface area contributed by atoms with Crippen molar-refractivity contribution in [2.45, 2.75) is 25.6 Å². The maximum absolute atomic E-state index is 14.1. The van der Waals surface area contributed by atoms with E-state index in [1.807, 2.05) is 0 Å². The zero-order valence-corrected chi connectivity index (χ0v) is 14.9. The van der Waals surface area contributed by atoms with Crippen molar-refractivity contribution in [2.24, 2.45) is 0 Å². The molecule has 6 nitrogen and oxygen atoms in total. The zero-order valence-electron chi connectivity index (χ0n) is 14.2. The van der Waals surface area contributed by atoms with E-state index in [0.29, 0.717) is 23.2 Å². The third-order valence-electron chi connectivity index (χ3n) is 3.88. The molecule has 2 aromatic carbocycles. The molecule has 0 aliphatic carbocycles. The minimum absolute atomic E-state index is 0.0686. The first-order valence-corrected chi connectivity index (χ1v) is 8.25. The molecule has 1 heterocycles. The summed E-state index contributed by atoms with van der Waals surface area (Å²) in [5.41, 5.74) is -0.388. The maximum atomic E-state index is 14.1. The first-order chi connectivity index (χ1) is 13.1. The molecule has 11 heteroatoms. The second-order valence-corrected chi connectivity index (χ2v) is 6.41. The van der Waals surface area contributed by atoms with Crippen LogP contribution in [0, 0.1) is 5.82 Å². The van der Waals surface area contributed by atoms with Crippen LogP contribution < -0.4 is 4.74 Å². The molecule has 0 aliphatic heterocycles. The third-order valence-corrected chi connectivity index (χ3v) is 4.16. The van der Waals surface area contributed by atoms with Gasteiger partial charge in [0.15, 0.2) is 11.6 Å². The van der Waals surface area contributed by atoms with Gasteiger partial charge in [-0.05, 0) is 31.2 Å². The minimum Gasteiger partial charge on any atom is -0.481 e. The molecule has 0 spiro atoms. The van der Waals surface area contributed by atoms with Gasteiger partial charge in [0.05, 0.1) is 28.6 Å². The summed E-state index contributed by atoms with van der Waals surface area (Å²) in [6, 6.07) is 4.67. The molecule has 148 valence electrons. The summed E-state index contributed by atoms with van der Waals surface area (Å²) in [4.78, 5) is 10.9. The van der Waals surface area contributed by atoms with Gasteiger partial charge in [0.25, 0.3) is 0 Å². The van der Waals surface area contributed by atoms with Crippen LogP contribution in [0.5, 0.6) is 11.5 Å². The Balaban J connectivity index is 1.96. The number of carboxylic acid groups (broad SMARTS) is 1. The van der Waals surface area contributed by atoms with Crippen LogP contribution in [-0.4, -0.2) is 26.1 Å². The van der Waals surface area contributed by atoms with E-state index in [1.54, 1.807) is 6.92 Å². The topological polar surface area (TPSA) is 77.2 Å². The van der Waals surface area contributed by atoms with Gasteiger partial charge in [0, 0.05) is 6.07 Å². The van der Waals surface area contributed by atoms with Gasteiger partial charge in [0.1, 0.15) is 11.3 Å². The molecule has 0 saturated heterocycles. The fourth-order valence-electron chi connectivity index (χ4n) is 2.58. The van der Waals surface area contributed by atoms with Crippen LogP contribution in [0.2, 0.25) is 5.02 Å². The number of ether oxygens (including phenoxy) is 1. The van der Waals surface area contributed by atoms with Gasteiger partial charge >= 0.3 is 12.1 Å². The fraction of sp³-hybridized carbons (Fsp3) is 0.235. The van der Waals surface area contributed by atoms with E-state index in [9.17, 15) is 22.4 Å². The van der Waals surface area contributed by atoms with Crippen LogP contribution in [-0.2, 0) is 11.0 Å². The number of carbonyl (C=O) groups is 1. The van der Waals surface area contributed by atoms with Gasteiger partial charge in [-0.3, -0.25) is 4.79 Å². The highest BCUT2D eigenvalue weighted by molar-refractivity contribution is 6.32. The second kappa shape index (κ2) is 7.27. The Morgan fingerprint density at radius 3 is 2.64 bits per heavy atom. The first kappa shape index (κ1) is 19.9. The van der Waals surface area contributed by atoms with Crippen molar-refractivity contribution in [2.75, 3.05) is 0 Å². The zero-order chi connectivity index (χ0) is 20.6. The lowest BCUT2D eigenvalue weighted by molar-refractivity contribution is -0.138. The number of aromatic nitrogens is 3. The van der Waals surface area contributed by atoms with Crippen LogP contribution in [0.4, 0.5) is 17.6 Å². The number of aliphatic carboxylic acids is 1. The molecule has 1 unspecified atom stereocenters. The quantitative estimate of drug-likeness (QED) is 0.586. The number of hydrogen-bond donors (Lipinski definition) is 1. The molecule has 28 heavy (non-hydrogen) atoms. The monoisotopic (exact) mass is 417 g/mol. The highest BCUT2D eigenvalue weighted by Gasteiger charge is 2.32. The van der Waals surface area contributed by atoms with E-state index in [0.717, 1.165) is 0 Å². The molecule has 0 radical (unpaired) electrons. The number of halogens is 5. The lowest BCUT2D eigenvalue weighted by Gasteiger charge is -2.13. The number of alkyl halides is 3. The van der Waals surface area contributed by atoms with Crippen molar-refractivity contribution in [1.82, 2.24) is 15.0 Å². The van der Waals surface area contributed by atoms with Crippen molar-refractivity contribution in [3.63, 3.8) is 0 Å². The predicted octanol–water partition coefficient (Wildman–Crippen LogP) is 5.07. The van der Waals surface area contributed by atoms with Crippen molar-refractivity contribution in [3.8, 4) is 11.5 Å². The predicted molar refractivity (Wildman–Crippen MR) is 91.0 cm³/mol. The number of benzene rings is 2. The Bertz CT molecular complexity index is 1030. The van der Waals surface area contributed by atoms with Crippen LogP contribution >= 0.6 is 11.6 Å². The van der Waals surface area contributed by atoms with E-state index >= 15 is 0 Å². The van der Waals surface area contributed by atoms with Gasteiger partial charge in [-0.25, -0.2) is 9.07 Å². The second-order valence-electron chi connectivity index (χ2n) is 6.00. The van der Waals surface area contributed by atoms with Crippen molar-refractivity contribution in [3.05, 3.63) is 46.7 Å². The number of carboxylic acids is 1. The fourth-order valence-corrected chi connectivity index (χ4v) is 2.83. The summed E-state index contributed by atoms with van der Waals surface area (Å²) in [5, 5.41) is 16.2. The maximum Gasteiger partial charge on any atom is 0.416 e. The van der Waals surface area contributed by atoms with Gasteiger partial charge in [-0.1, -0.05) is 16.8 Å². The number of fused-ring (bicyclic) bond motifs is 1. The molecular formula is C17H12ClF4N3O3. The number of nitrogens with zero attached hydrogens (tertiary/aromatic N) is 3. The van der Waals surface area contributed by atoms with Crippen LogP contribution in [0.3, 0.4) is 0 Å². The van der Waals surface area contributed by atoms with E-state index < -0.39 is 40.3 Å². The summed E-state index contributed by atoms with van der Waals surface area (Å²) in [6.07, 6.45) is -4.96. The summed E-state index contributed by atoms with van der Waals surface area (Å²) < 4.78 is 59.0. The number of rotatable bonds is 5. The standard InChI is InChI=1S/C17H12ClF4N3O3/c1-8(4-15(26)27)25-14-7-10(2-3-13(14)23-24-25)28-16-11(18)5-9(6-12(16)19)17(20,21)22/h2-3,5-8H,4H2,1H3,(H,26,27). The van der Waals surface area contributed by atoms with Gasteiger partial charge in [0.2, 0.25) is 0 Å². The Morgan fingerprint density at radius 1 is 1.32 bits per heavy atom. The van der Waals surface area contributed by atoms with Gasteiger partial charge < -0.3 is 9.84 Å². The first-order valence-electron chi connectivity index (χ1n) is 7.87. The van der Waals surface area contributed by atoms with Crippen molar-refractivity contribution >= 4 is 28.6 Å². The summed E-state index contributed by atoms with van der Waals surface area (Å²) in [6.45, 7) is 1.63. The molecule has 1 atom stereocenters. The molecule has 1 aromatic heterocycles. The van der Waals surface area contributed by atoms with Gasteiger partial charge in [-0.15, -0.1) is 5.10 Å². The molecule has 0 saturated carbocycles.